The fourth-order valence-corrected chi connectivity index (χ4v) is 9.10. The van der Waals surface area contributed by atoms with Gasteiger partial charge in [0, 0.05) is 19.5 Å². The van der Waals surface area contributed by atoms with E-state index in [4.69, 9.17) is 4.74 Å². The molecule has 3 saturated carbocycles. The highest BCUT2D eigenvalue weighted by molar-refractivity contribution is 5.77. The summed E-state index contributed by atoms with van der Waals surface area (Å²) in [6.45, 7) is 7.55. The molecule has 1 saturated heterocycles. The molecule has 35 heavy (non-hydrogen) atoms. The van der Waals surface area contributed by atoms with Gasteiger partial charge in [0.25, 0.3) is 0 Å². The van der Waals surface area contributed by atoms with Crippen LogP contribution in [-0.4, -0.2) is 30.0 Å². The first kappa shape index (κ1) is 23.1. The molecule has 1 aliphatic heterocycles. The van der Waals surface area contributed by atoms with E-state index in [0.29, 0.717) is 29.4 Å². The Morgan fingerprint density at radius 3 is 2.37 bits per heavy atom. The van der Waals surface area contributed by atoms with Crippen molar-refractivity contribution in [2.24, 2.45) is 34.5 Å². The van der Waals surface area contributed by atoms with Crippen LogP contribution in [0, 0.1) is 34.5 Å². The largest absolute Gasteiger partial charge is 0.490 e. The molecule has 0 bridgehead atoms. The number of hydrogen-bond donors (Lipinski definition) is 0. The second-order valence-corrected chi connectivity index (χ2v) is 12.8. The van der Waals surface area contributed by atoms with E-state index in [1.165, 1.54) is 43.2 Å². The predicted octanol–water partition coefficient (Wildman–Crippen LogP) is 7.21. The Bertz CT molecular complexity index is 1080. The zero-order valence-corrected chi connectivity index (χ0v) is 21.9. The minimum absolute atomic E-state index is 0.271. The first-order valence-electron chi connectivity index (χ1n) is 13.9. The zero-order valence-electron chi connectivity index (χ0n) is 21.9. The van der Waals surface area contributed by atoms with Crippen LogP contribution in [0.1, 0.15) is 65.7 Å². The normalized spacial score (nSPS) is 40.6. The highest BCUT2D eigenvalue weighted by Crippen LogP contribution is 2.66. The number of benzene rings is 2. The molecule has 0 radical (unpaired) electrons. The summed E-state index contributed by atoms with van der Waals surface area (Å²) >= 11 is 0. The van der Waals surface area contributed by atoms with Gasteiger partial charge in [0.1, 0.15) is 5.75 Å². The summed E-state index contributed by atoms with van der Waals surface area (Å²) in [7, 11) is 2.06. The number of rotatable bonds is 3. The van der Waals surface area contributed by atoms with Crippen molar-refractivity contribution in [2.45, 2.75) is 77.9 Å². The van der Waals surface area contributed by atoms with E-state index in [2.05, 4.69) is 87.3 Å². The van der Waals surface area contributed by atoms with Crippen LogP contribution < -0.4 is 4.74 Å². The van der Waals surface area contributed by atoms with Crippen molar-refractivity contribution in [3.8, 4) is 16.9 Å². The van der Waals surface area contributed by atoms with Gasteiger partial charge in [0.05, 0.1) is 6.10 Å². The molecular formula is C32H41NO2. The first-order valence-corrected chi connectivity index (χ1v) is 13.9. The molecule has 1 amide bonds. The van der Waals surface area contributed by atoms with E-state index < -0.39 is 0 Å². The van der Waals surface area contributed by atoms with Gasteiger partial charge in [-0.3, -0.25) is 4.79 Å². The number of ether oxygens (including phenoxy) is 1. The smallest absolute Gasteiger partial charge is 0.222 e. The Balaban J connectivity index is 1.20. The number of hydrogen-bond acceptors (Lipinski definition) is 2. The summed E-state index contributed by atoms with van der Waals surface area (Å²) in [5, 5.41) is 0. The van der Waals surface area contributed by atoms with Gasteiger partial charge in [-0.15, -0.1) is 0 Å². The third kappa shape index (κ3) is 3.72. The van der Waals surface area contributed by atoms with Gasteiger partial charge in [-0.05, 0) is 96.3 Å². The van der Waals surface area contributed by atoms with Gasteiger partial charge in [0.15, 0.2) is 0 Å². The molecule has 186 valence electrons. The highest BCUT2D eigenvalue weighted by Gasteiger charge is 2.62. The third-order valence-corrected chi connectivity index (χ3v) is 10.9. The second kappa shape index (κ2) is 8.39. The molecule has 2 aromatic carbocycles. The van der Waals surface area contributed by atoms with Gasteiger partial charge in [-0.1, -0.05) is 63.2 Å². The molecule has 0 unspecified atom stereocenters. The second-order valence-electron chi connectivity index (χ2n) is 12.8. The van der Waals surface area contributed by atoms with E-state index in [0.717, 1.165) is 36.3 Å². The molecule has 6 rings (SSSR count). The third-order valence-electron chi connectivity index (χ3n) is 10.9. The molecule has 3 nitrogen and oxygen atoms in total. The summed E-state index contributed by atoms with van der Waals surface area (Å²) in [6.07, 6.45) is 8.25. The van der Waals surface area contributed by atoms with E-state index in [9.17, 15) is 4.79 Å². The summed E-state index contributed by atoms with van der Waals surface area (Å²) in [5.74, 6) is 4.24. The monoisotopic (exact) mass is 471 g/mol. The van der Waals surface area contributed by atoms with Crippen LogP contribution in [0.4, 0.5) is 0 Å². The molecule has 2 aromatic rings. The molecule has 4 aliphatic rings. The fraction of sp³-hybridized carbons (Fsp3) is 0.594. The lowest BCUT2D eigenvalue weighted by Gasteiger charge is -2.63. The van der Waals surface area contributed by atoms with Crippen molar-refractivity contribution in [1.29, 1.82) is 0 Å². The van der Waals surface area contributed by atoms with Crippen molar-refractivity contribution in [3.63, 3.8) is 0 Å². The summed E-state index contributed by atoms with van der Waals surface area (Å²) < 4.78 is 6.65. The Kier molecular flexibility index (Phi) is 5.54. The minimum Gasteiger partial charge on any atom is -0.490 e. The number of carbonyl (C=O) groups is 1. The maximum Gasteiger partial charge on any atom is 0.222 e. The molecule has 8 atom stereocenters. The lowest BCUT2D eigenvalue weighted by atomic mass is 9.45. The molecule has 4 fully saturated rings. The molecule has 0 spiro atoms. The maximum atomic E-state index is 12.5. The van der Waals surface area contributed by atoms with Crippen molar-refractivity contribution in [3.05, 3.63) is 54.6 Å². The Hall–Kier alpha value is -2.29. The SMILES string of the molecule is C[C@H]1C[C@H]2N(C)C(=O)CC[C@]2(C)[C@H]2CC[C@]3(C)C[C@@H](Oc4ccc(-c5ccccc5)cc4)C[C@H]3[C@H]12. The van der Waals surface area contributed by atoms with Crippen LogP contribution >= 0.6 is 0 Å². The molecule has 0 N–H and O–H groups in total. The van der Waals surface area contributed by atoms with Crippen LogP contribution in [0.2, 0.25) is 0 Å². The van der Waals surface area contributed by atoms with Gasteiger partial charge < -0.3 is 9.64 Å². The number of fused-ring (bicyclic) bond motifs is 5. The lowest BCUT2D eigenvalue weighted by Crippen LogP contribution is -2.62. The molecular weight excluding hydrogens is 430 g/mol. The molecule has 1 heterocycles. The maximum absolute atomic E-state index is 12.5. The molecule has 0 aromatic heterocycles. The molecule has 3 aliphatic carbocycles. The summed E-state index contributed by atoms with van der Waals surface area (Å²) in [4.78, 5) is 14.6. The van der Waals surface area contributed by atoms with Gasteiger partial charge in [-0.2, -0.15) is 0 Å². The van der Waals surface area contributed by atoms with Crippen LogP contribution in [0.25, 0.3) is 11.1 Å². The van der Waals surface area contributed by atoms with E-state index in [-0.39, 0.29) is 5.41 Å². The number of piperidine rings is 1. The van der Waals surface area contributed by atoms with Crippen molar-refractivity contribution in [2.75, 3.05) is 7.05 Å². The van der Waals surface area contributed by atoms with Crippen molar-refractivity contribution in [1.82, 2.24) is 4.90 Å². The zero-order chi connectivity index (χ0) is 24.4. The number of carbonyl (C=O) groups excluding carboxylic acids is 1. The lowest BCUT2D eigenvalue weighted by molar-refractivity contribution is -0.164. The van der Waals surface area contributed by atoms with E-state index in [1.807, 2.05) is 0 Å². The number of nitrogens with zero attached hydrogens (tertiary/aromatic N) is 1. The Morgan fingerprint density at radius 1 is 0.914 bits per heavy atom. The van der Waals surface area contributed by atoms with Crippen LogP contribution in [-0.2, 0) is 4.79 Å². The van der Waals surface area contributed by atoms with Crippen LogP contribution in [0.3, 0.4) is 0 Å². The van der Waals surface area contributed by atoms with E-state index >= 15 is 0 Å². The minimum atomic E-state index is 0.271. The van der Waals surface area contributed by atoms with E-state index in [1.54, 1.807) is 0 Å². The van der Waals surface area contributed by atoms with Crippen LogP contribution in [0.15, 0.2) is 54.6 Å². The van der Waals surface area contributed by atoms with Crippen molar-refractivity contribution >= 4 is 5.91 Å². The first-order chi connectivity index (χ1) is 16.8. The van der Waals surface area contributed by atoms with Crippen molar-refractivity contribution < 1.29 is 9.53 Å². The number of likely N-dealkylation sites (tertiary alicyclic amines) is 1. The van der Waals surface area contributed by atoms with Gasteiger partial charge in [0.2, 0.25) is 5.91 Å². The number of amides is 1. The highest BCUT2D eigenvalue weighted by atomic mass is 16.5. The topological polar surface area (TPSA) is 29.5 Å². The standard InChI is InChI=1S/C32H41NO2/c1-21-18-28-32(3,17-15-29(34)33(28)4)26-14-16-31(2)20-25(19-27(31)30(21)26)35-24-12-10-23(11-13-24)22-8-6-5-7-9-22/h5-13,21,25-28,30H,14-20H2,1-4H3/t21-,25-,26-,27-,28+,30+,31+,32+/m0/s1. The summed E-state index contributed by atoms with van der Waals surface area (Å²) in [5.41, 5.74) is 3.14. The summed E-state index contributed by atoms with van der Waals surface area (Å²) in [6, 6.07) is 19.7. The fourth-order valence-electron chi connectivity index (χ4n) is 9.10. The Morgan fingerprint density at radius 2 is 1.63 bits per heavy atom. The Labute approximate surface area is 211 Å². The van der Waals surface area contributed by atoms with Gasteiger partial charge in [-0.25, -0.2) is 0 Å². The molecule has 3 heteroatoms. The average Bonchev–Trinajstić information content (AvgIpc) is 3.20. The average molecular weight is 472 g/mol. The van der Waals surface area contributed by atoms with Gasteiger partial charge >= 0.3 is 0 Å². The quantitative estimate of drug-likeness (QED) is 0.473. The van der Waals surface area contributed by atoms with Crippen LogP contribution in [0.5, 0.6) is 5.75 Å². The predicted molar refractivity (Wildman–Crippen MR) is 141 cm³/mol.